The van der Waals surface area contributed by atoms with Gasteiger partial charge in [-0.3, -0.25) is 4.79 Å². The molecule has 0 saturated carbocycles. The highest BCUT2D eigenvalue weighted by molar-refractivity contribution is 7.89. The quantitative estimate of drug-likeness (QED) is 0.836. The fourth-order valence-electron chi connectivity index (χ4n) is 3.79. The molecule has 2 heterocycles. The first-order valence-corrected chi connectivity index (χ1v) is 11.0. The number of benzene rings is 2. The van der Waals surface area contributed by atoms with E-state index in [0.29, 0.717) is 26.1 Å². The normalized spacial score (nSPS) is 23.7. The molecule has 7 heteroatoms. The lowest BCUT2D eigenvalue weighted by Crippen LogP contribution is -2.53. The molecule has 0 bridgehead atoms. The molecule has 1 N–H and O–H groups in total. The number of amides is 1. The van der Waals surface area contributed by atoms with E-state index >= 15 is 0 Å². The van der Waals surface area contributed by atoms with Crippen LogP contribution in [0.15, 0.2) is 65.6 Å². The molecule has 0 aromatic heterocycles. The standard InChI is InChI=1S/C21H24N2O4S/c24-21(22-18-14-27-15-18)17-11-12-20(16-7-3-1-4-8-16)23(13-17)28(25,26)19-9-5-2-6-10-19/h1-10,17-18,20H,11-15H2,(H,22,24). The minimum absolute atomic E-state index is 0.0403. The van der Waals surface area contributed by atoms with Crippen molar-refractivity contribution >= 4 is 15.9 Å². The zero-order chi connectivity index (χ0) is 19.6. The third kappa shape index (κ3) is 3.83. The summed E-state index contributed by atoms with van der Waals surface area (Å²) in [4.78, 5) is 12.9. The van der Waals surface area contributed by atoms with Gasteiger partial charge in [0.05, 0.1) is 36.1 Å². The van der Waals surface area contributed by atoms with Crippen LogP contribution in [0.25, 0.3) is 0 Å². The van der Waals surface area contributed by atoms with Crippen molar-refractivity contribution in [3.63, 3.8) is 0 Å². The maximum Gasteiger partial charge on any atom is 0.243 e. The van der Waals surface area contributed by atoms with Gasteiger partial charge >= 0.3 is 0 Å². The molecule has 0 spiro atoms. The molecule has 4 rings (SSSR count). The molecule has 2 saturated heterocycles. The molecule has 0 radical (unpaired) electrons. The molecule has 2 aromatic carbocycles. The Hall–Kier alpha value is -2.22. The lowest BCUT2D eigenvalue weighted by atomic mass is 9.90. The first-order chi connectivity index (χ1) is 13.6. The number of hydrogen-bond donors (Lipinski definition) is 1. The highest BCUT2D eigenvalue weighted by Gasteiger charge is 2.40. The van der Waals surface area contributed by atoms with Crippen LogP contribution in [0.2, 0.25) is 0 Å². The average molecular weight is 401 g/mol. The van der Waals surface area contributed by atoms with E-state index in [-0.39, 0.29) is 35.3 Å². The summed E-state index contributed by atoms with van der Waals surface area (Å²) in [7, 11) is -3.72. The molecule has 148 valence electrons. The second kappa shape index (κ2) is 8.03. The molecule has 2 fully saturated rings. The number of piperidine rings is 1. The summed E-state index contributed by atoms with van der Waals surface area (Å²) in [5.41, 5.74) is 0.952. The van der Waals surface area contributed by atoms with Crippen LogP contribution >= 0.6 is 0 Å². The van der Waals surface area contributed by atoms with Crippen LogP contribution in [0, 0.1) is 5.92 Å². The number of ether oxygens (including phenoxy) is 1. The summed E-state index contributed by atoms with van der Waals surface area (Å²) in [5.74, 6) is -0.452. The highest BCUT2D eigenvalue weighted by atomic mass is 32.2. The van der Waals surface area contributed by atoms with E-state index in [9.17, 15) is 13.2 Å². The molecule has 2 aliphatic rings. The molecule has 2 aliphatic heterocycles. The van der Waals surface area contributed by atoms with E-state index in [1.54, 1.807) is 30.3 Å². The Morgan fingerprint density at radius 3 is 2.21 bits per heavy atom. The number of carbonyl (C=O) groups excluding carboxylic acids is 1. The van der Waals surface area contributed by atoms with Crippen molar-refractivity contribution in [3.05, 3.63) is 66.2 Å². The Morgan fingerprint density at radius 1 is 0.964 bits per heavy atom. The van der Waals surface area contributed by atoms with Gasteiger partial charge in [0.1, 0.15) is 0 Å². The fraction of sp³-hybridized carbons (Fsp3) is 0.381. The van der Waals surface area contributed by atoms with Gasteiger partial charge in [0.2, 0.25) is 15.9 Å². The molecule has 1 amide bonds. The predicted octanol–water partition coefficient (Wildman–Crippen LogP) is 2.34. The fourth-order valence-corrected chi connectivity index (χ4v) is 5.50. The maximum absolute atomic E-state index is 13.4. The molecule has 2 atom stereocenters. The number of rotatable bonds is 5. The second-order valence-electron chi connectivity index (χ2n) is 7.33. The van der Waals surface area contributed by atoms with Gasteiger partial charge in [0.25, 0.3) is 0 Å². The van der Waals surface area contributed by atoms with E-state index in [4.69, 9.17) is 4.74 Å². The zero-order valence-corrected chi connectivity index (χ0v) is 16.3. The van der Waals surface area contributed by atoms with Crippen molar-refractivity contribution in [1.29, 1.82) is 0 Å². The van der Waals surface area contributed by atoms with Gasteiger partial charge in [-0.25, -0.2) is 8.42 Å². The van der Waals surface area contributed by atoms with E-state index in [2.05, 4.69) is 5.32 Å². The number of hydrogen-bond acceptors (Lipinski definition) is 4. The monoisotopic (exact) mass is 400 g/mol. The topological polar surface area (TPSA) is 75.7 Å². The van der Waals surface area contributed by atoms with Gasteiger partial charge in [-0.05, 0) is 30.5 Å². The summed E-state index contributed by atoms with van der Waals surface area (Å²) < 4.78 is 33.4. The number of sulfonamides is 1. The van der Waals surface area contributed by atoms with E-state index in [0.717, 1.165) is 5.56 Å². The third-order valence-electron chi connectivity index (χ3n) is 5.43. The van der Waals surface area contributed by atoms with Crippen LogP contribution in [0.1, 0.15) is 24.4 Å². The van der Waals surface area contributed by atoms with Crippen molar-refractivity contribution in [2.45, 2.75) is 29.8 Å². The summed E-state index contributed by atoms with van der Waals surface area (Å²) in [5, 5.41) is 2.97. The van der Waals surface area contributed by atoms with Crippen molar-refractivity contribution in [3.8, 4) is 0 Å². The Morgan fingerprint density at radius 2 is 1.61 bits per heavy atom. The zero-order valence-electron chi connectivity index (χ0n) is 15.5. The summed E-state index contributed by atoms with van der Waals surface area (Å²) in [6.45, 7) is 1.23. The van der Waals surface area contributed by atoms with Crippen molar-refractivity contribution in [2.75, 3.05) is 19.8 Å². The van der Waals surface area contributed by atoms with Gasteiger partial charge in [0, 0.05) is 6.54 Å². The van der Waals surface area contributed by atoms with Crippen LogP contribution < -0.4 is 5.32 Å². The average Bonchev–Trinajstić information content (AvgIpc) is 2.71. The molecule has 6 nitrogen and oxygen atoms in total. The second-order valence-corrected chi connectivity index (χ2v) is 9.22. The van der Waals surface area contributed by atoms with Gasteiger partial charge < -0.3 is 10.1 Å². The molecule has 28 heavy (non-hydrogen) atoms. The maximum atomic E-state index is 13.4. The largest absolute Gasteiger partial charge is 0.377 e. The van der Waals surface area contributed by atoms with Crippen molar-refractivity contribution in [1.82, 2.24) is 9.62 Å². The third-order valence-corrected chi connectivity index (χ3v) is 7.31. The van der Waals surface area contributed by atoms with Gasteiger partial charge in [-0.15, -0.1) is 0 Å². The number of carbonyl (C=O) groups is 1. The van der Waals surface area contributed by atoms with E-state index < -0.39 is 10.0 Å². The number of nitrogens with zero attached hydrogens (tertiary/aromatic N) is 1. The first kappa shape index (κ1) is 19.1. The Balaban J connectivity index is 1.62. The lowest BCUT2D eigenvalue weighted by molar-refractivity contribution is -0.130. The van der Waals surface area contributed by atoms with Crippen LogP contribution in [-0.4, -0.2) is 44.4 Å². The molecule has 0 aliphatic carbocycles. The van der Waals surface area contributed by atoms with E-state index in [1.807, 2.05) is 30.3 Å². The molecule has 2 aromatic rings. The minimum Gasteiger partial charge on any atom is -0.377 e. The smallest absolute Gasteiger partial charge is 0.243 e. The van der Waals surface area contributed by atoms with Crippen LogP contribution in [0.4, 0.5) is 0 Å². The van der Waals surface area contributed by atoms with Crippen molar-refractivity contribution in [2.24, 2.45) is 5.92 Å². The predicted molar refractivity (Wildman–Crippen MR) is 105 cm³/mol. The van der Waals surface area contributed by atoms with Crippen LogP contribution in [0.3, 0.4) is 0 Å². The summed E-state index contributed by atoms with van der Waals surface area (Å²) in [6.07, 6.45) is 1.26. The van der Waals surface area contributed by atoms with Crippen molar-refractivity contribution < 1.29 is 17.9 Å². The summed E-state index contributed by atoms with van der Waals surface area (Å²) in [6, 6.07) is 17.8. The van der Waals surface area contributed by atoms with E-state index in [1.165, 1.54) is 4.31 Å². The lowest BCUT2D eigenvalue weighted by Gasteiger charge is -2.39. The summed E-state index contributed by atoms with van der Waals surface area (Å²) >= 11 is 0. The van der Waals surface area contributed by atoms with Gasteiger partial charge in [-0.2, -0.15) is 4.31 Å². The highest BCUT2D eigenvalue weighted by Crippen LogP contribution is 2.37. The Kier molecular flexibility index (Phi) is 5.48. The molecular weight excluding hydrogens is 376 g/mol. The SMILES string of the molecule is O=C(NC1COC1)C1CCC(c2ccccc2)N(S(=O)(=O)c2ccccc2)C1. The van der Waals surface area contributed by atoms with Gasteiger partial charge in [0.15, 0.2) is 0 Å². The van der Waals surface area contributed by atoms with Crippen LogP contribution in [-0.2, 0) is 19.6 Å². The number of nitrogens with one attached hydrogen (secondary N) is 1. The Labute approximate surface area is 165 Å². The molecular formula is C21H24N2O4S. The minimum atomic E-state index is -3.72. The molecule has 2 unspecified atom stereocenters. The first-order valence-electron chi connectivity index (χ1n) is 9.55. The van der Waals surface area contributed by atoms with Crippen LogP contribution in [0.5, 0.6) is 0 Å². The Bertz CT molecular complexity index is 914. The van der Waals surface area contributed by atoms with Gasteiger partial charge in [-0.1, -0.05) is 48.5 Å².